The highest BCUT2D eigenvalue weighted by Gasteiger charge is 1.94. The smallest absolute Gasteiger partial charge is 0.166 e. The zero-order chi connectivity index (χ0) is 8.81. The molecular weight excluding hydrogens is 172 g/mol. The van der Waals surface area contributed by atoms with Crippen molar-refractivity contribution in [3.63, 3.8) is 0 Å². The molecule has 0 bridgehead atoms. The van der Waals surface area contributed by atoms with Crippen LogP contribution in [0.25, 0.3) is 0 Å². The summed E-state index contributed by atoms with van der Waals surface area (Å²) in [6.45, 7) is 3.56. The lowest BCUT2D eigenvalue weighted by atomic mass is 10.3. The Labute approximate surface area is 77.1 Å². The molecule has 0 unspecified atom stereocenters. The van der Waals surface area contributed by atoms with Crippen molar-refractivity contribution in [3.05, 3.63) is 24.2 Å². The van der Waals surface area contributed by atoms with Crippen molar-refractivity contribution >= 4 is 17.3 Å². The molecule has 2 N–H and O–H groups in total. The maximum atomic E-state index is 4.97. The highest BCUT2D eigenvalue weighted by molar-refractivity contribution is 7.80. The van der Waals surface area contributed by atoms with Crippen molar-refractivity contribution in [2.45, 2.75) is 13.5 Å². The molecule has 0 atom stereocenters. The summed E-state index contributed by atoms with van der Waals surface area (Å²) in [5.41, 5.74) is 1.09. The third kappa shape index (κ3) is 2.92. The maximum Gasteiger partial charge on any atom is 0.166 e. The number of rotatable bonds is 3. The summed E-state index contributed by atoms with van der Waals surface area (Å²) in [4.78, 5) is 0. The number of nitrogens with one attached hydrogen (secondary N) is 2. The van der Waals surface area contributed by atoms with Crippen LogP contribution in [-0.4, -0.2) is 11.7 Å². The third-order valence-electron chi connectivity index (χ3n) is 1.37. The van der Waals surface area contributed by atoms with Crippen molar-refractivity contribution in [1.82, 2.24) is 10.6 Å². The zero-order valence-electron chi connectivity index (χ0n) is 6.96. The first-order chi connectivity index (χ1) is 5.83. The van der Waals surface area contributed by atoms with Gasteiger partial charge in [-0.3, -0.25) is 0 Å². The van der Waals surface area contributed by atoms with Gasteiger partial charge in [0.05, 0.1) is 12.5 Å². The molecule has 1 aromatic rings. The van der Waals surface area contributed by atoms with E-state index in [1.165, 1.54) is 0 Å². The average Bonchev–Trinajstić information content (AvgIpc) is 2.53. The number of thiocarbonyl (C=S) groups is 1. The number of hydrogen-bond donors (Lipinski definition) is 2. The summed E-state index contributed by atoms with van der Waals surface area (Å²) in [5.74, 6) is 0. The van der Waals surface area contributed by atoms with Gasteiger partial charge < -0.3 is 15.1 Å². The fraction of sp³-hybridized carbons (Fsp3) is 0.375. The SMILES string of the molecule is CCNC(=S)NCc1ccoc1. The molecule has 0 saturated heterocycles. The van der Waals surface area contributed by atoms with E-state index in [-0.39, 0.29) is 0 Å². The van der Waals surface area contributed by atoms with Crippen LogP contribution in [0.2, 0.25) is 0 Å². The van der Waals surface area contributed by atoms with E-state index in [0.717, 1.165) is 12.1 Å². The van der Waals surface area contributed by atoms with Gasteiger partial charge in [-0.1, -0.05) is 0 Å². The minimum absolute atomic E-state index is 0.679. The summed E-state index contributed by atoms with van der Waals surface area (Å²) >= 11 is 4.97. The quantitative estimate of drug-likeness (QED) is 0.694. The maximum absolute atomic E-state index is 4.97. The first-order valence-electron chi connectivity index (χ1n) is 3.85. The molecule has 0 aliphatic heterocycles. The van der Waals surface area contributed by atoms with E-state index in [0.29, 0.717) is 11.7 Å². The lowest BCUT2D eigenvalue weighted by molar-refractivity contribution is 0.563. The number of hydrogen-bond acceptors (Lipinski definition) is 2. The molecular formula is C8H12N2OS. The van der Waals surface area contributed by atoms with Crippen LogP contribution in [0, 0.1) is 0 Å². The standard InChI is InChI=1S/C8H12N2OS/c1-2-9-8(12)10-5-7-3-4-11-6-7/h3-4,6H,2,5H2,1H3,(H2,9,10,12). The molecule has 1 rings (SSSR count). The Morgan fingerprint density at radius 3 is 3.00 bits per heavy atom. The van der Waals surface area contributed by atoms with Gasteiger partial charge in [0.25, 0.3) is 0 Å². The molecule has 0 aliphatic carbocycles. The first kappa shape index (κ1) is 9.06. The molecule has 0 aromatic carbocycles. The highest BCUT2D eigenvalue weighted by atomic mass is 32.1. The summed E-state index contributed by atoms with van der Waals surface area (Å²) in [5, 5.41) is 6.72. The van der Waals surface area contributed by atoms with E-state index in [4.69, 9.17) is 16.6 Å². The van der Waals surface area contributed by atoms with Crippen molar-refractivity contribution in [1.29, 1.82) is 0 Å². The van der Waals surface area contributed by atoms with Crippen molar-refractivity contribution in [2.24, 2.45) is 0 Å². The molecule has 0 amide bonds. The summed E-state index contributed by atoms with van der Waals surface area (Å²) in [6, 6.07) is 1.90. The van der Waals surface area contributed by atoms with Gasteiger partial charge in [-0.25, -0.2) is 0 Å². The monoisotopic (exact) mass is 184 g/mol. The number of furan rings is 1. The molecule has 66 valence electrons. The zero-order valence-corrected chi connectivity index (χ0v) is 7.78. The van der Waals surface area contributed by atoms with Crippen LogP contribution >= 0.6 is 12.2 Å². The minimum atomic E-state index is 0.679. The van der Waals surface area contributed by atoms with Gasteiger partial charge in [-0.05, 0) is 25.2 Å². The largest absolute Gasteiger partial charge is 0.472 e. The first-order valence-corrected chi connectivity index (χ1v) is 4.26. The van der Waals surface area contributed by atoms with Gasteiger partial charge in [0, 0.05) is 18.7 Å². The molecule has 0 saturated carbocycles. The molecule has 12 heavy (non-hydrogen) atoms. The van der Waals surface area contributed by atoms with Crippen LogP contribution in [0.5, 0.6) is 0 Å². The van der Waals surface area contributed by atoms with Crippen LogP contribution in [0.3, 0.4) is 0 Å². The van der Waals surface area contributed by atoms with Gasteiger partial charge in [0.2, 0.25) is 0 Å². The van der Waals surface area contributed by atoms with Crippen molar-refractivity contribution in [3.8, 4) is 0 Å². The van der Waals surface area contributed by atoms with Gasteiger partial charge >= 0.3 is 0 Å². The third-order valence-corrected chi connectivity index (χ3v) is 1.66. The average molecular weight is 184 g/mol. The molecule has 0 aliphatic rings. The molecule has 1 aromatic heterocycles. The topological polar surface area (TPSA) is 37.2 Å². The fourth-order valence-corrected chi connectivity index (χ4v) is 1.02. The van der Waals surface area contributed by atoms with Gasteiger partial charge in [0.15, 0.2) is 5.11 Å². The van der Waals surface area contributed by atoms with Gasteiger partial charge in [-0.15, -0.1) is 0 Å². The van der Waals surface area contributed by atoms with Crippen LogP contribution in [-0.2, 0) is 6.54 Å². The van der Waals surface area contributed by atoms with Crippen LogP contribution in [0.4, 0.5) is 0 Å². The van der Waals surface area contributed by atoms with Gasteiger partial charge in [-0.2, -0.15) is 0 Å². The predicted octanol–water partition coefficient (Wildman–Crippen LogP) is 1.26. The van der Waals surface area contributed by atoms with E-state index in [9.17, 15) is 0 Å². The second kappa shape index (κ2) is 4.77. The Hall–Kier alpha value is -1.03. The van der Waals surface area contributed by atoms with E-state index >= 15 is 0 Å². The van der Waals surface area contributed by atoms with Crippen molar-refractivity contribution in [2.75, 3.05) is 6.54 Å². The van der Waals surface area contributed by atoms with Crippen LogP contribution < -0.4 is 10.6 Å². The summed E-state index contributed by atoms with van der Waals surface area (Å²) in [6.07, 6.45) is 3.34. The molecule has 3 nitrogen and oxygen atoms in total. The fourth-order valence-electron chi connectivity index (χ4n) is 0.799. The second-order valence-corrected chi connectivity index (χ2v) is 2.75. The van der Waals surface area contributed by atoms with E-state index in [2.05, 4.69) is 10.6 Å². The Morgan fingerprint density at radius 1 is 1.58 bits per heavy atom. The van der Waals surface area contributed by atoms with Crippen molar-refractivity contribution < 1.29 is 4.42 Å². The molecule has 0 fully saturated rings. The summed E-state index contributed by atoms with van der Waals surface area (Å²) in [7, 11) is 0. The minimum Gasteiger partial charge on any atom is -0.472 e. The van der Waals surface area contributed by atoms with Crippen LogP contribution in [0.15, 0.2) is 23.0 Å². The summed E-state index contributed by atoms with van der Waals surface area (Å²) < 4.78 is 4.90. The molecule has 1 heterocycles. The van der Waals surface area contributed by atoms with Gasteiger partial charge in [0.1, 0.15) is 0 Å². The Balaban J connectivity index is 2.22. The highest BCUT2D eigenvalue weighted by Crippen LogP contribution is 1.97. The Bertz CT molecular complexity index is 233. The predicted molar refractivity (Wildman–Crippen MR) is 51.8 cm³/mol. The van der Waals surface area contributed by atoms with E-state index < -0.39 is 0 Å². The van der Waals surface area contributed by atoms with Crippen LogP contribution in [0.1, 0.15) is 12.5 Å². The van der Waals surface area contributed by atoms with E-state index in [1.54, 1.807) is 12.5 Å². The second-order valence-electron chi connectivity index (χ2n) is 2.34. The molecule has 0 radical (unpaired) electrons. The normalized spacial score (nSPS) is 9.42. The molecule has 4 heteroatoms. The molecule has 0 spiro atoms. The Kier molecular flexibility index (Phi) is 3.60. The lowest BCUT2D eigenvalue weighted by Crippen LogP contribution is -2.34. The van der Waals surface area contributed by atoms with E-state index in [1.807, 2.05) is 13.0 Å². The lowest BCUT2D eigenvalue weighted by Gasteiger charge is -2.06. The Morgan fingerprint density at radius 2 is 2.42 bits per heavy atom.